The van der Waals surface area contributed by atoms with E-state index >= 15 is 0 Å². The molecule has 2 heterocycles. The highest BCUT2D eigenvalue weighted by Crippen LogP contribution is 2.54. The van der Waals surface area contributed by atoms with Crippen LogP contribution in [0.1, 0.15) is 66.7 Å². The third-order valence-corrected chi connectivity index (χ3v) is 14.0. The Morgan fingerprint density at radius 3 is 2.07 bits per heavy atom. The minimum absolute atomic E-state index is 0.0387. The Labute approximate surface area is 351 Å². The van der Waals surface area contributed by atoms with Gasteiger partial charge in [-0.25, -0.2) is 0 Å². The Morgan fingerprint density at radius 1 is 0.600 bits per heavy atom. The molecule has 0 fully saturated rings. The first-order valence-electron chi connectivity index (χ1n) is 21.6. The molecule has 60 heavy (non-hydrogen) atoms. The van der Waals surface area contributed by atoms with E-state index in [1.807, 2.05) is 0 Å². The molecule has 3 heteroatoms. The highest BCUT2D eigenvalue weighted by atomic mass is 16.3. The molecule has 3 nitrogen and oxygen atoms in total. The van der Waals surface area contributed by atoms with Crippen molar-refractivity contribution in [2.75, 3.05) is 4.90 Å². The van der Waals surface area contributed by atoms with Gasteiger partial charge in [0.2, 0.25) is 0 Å². The van der Waals surface area contributed by atoms with Crippen molar-refractivity contribution in [2.45, 2.75) is 49.9 Å². The van der Waals surface area contributed by atoms with Crippen LogP contribution in [-0.4, -0.2) is 4.57 Å². The molecule has 2 aromatic heterocycles. The first-order chi connectivity index (χ1) is 29.5. The molecular weight excluding hydrogens is 729 g/mol. The molecule has 6 aromatic carbocycles. The number of nitrogens with zero attached hydrogens (tertiary/aromatic N) is 2. The topological polar surface area (TPSA) is 21.3 Å². The molecule has 4 unspecified atom stereocenters. The summed E-state index contributed by atoms with van der Waals surface area (Å²) in [4.78, 5) is 2.50. The maximum Gasteiger partial charge on any atom is 0.145 e. The number of benzene rings is 6. The van der Waals surface area contributed by atoms with Crippen LogP contribution < -0.4 is 4.90 Å². The molecule has 0 bridgehead atoms. The van der Waals surface area contributed by atoms with Crippen LogP contribution in [0.3, 0.4) is 0 Å². The van der Waals surface area contributed by atoms with E-state index in [0.29, 0.717) is 17.8 Å². The van der Waals surface area contributed by atoms with E-state index in [1.54, 1.807) is 0 Å². The van der Waals surface area contributed by atoms with Gasteiger partial charge in [0.25, 0.3) is 0 Å². The van der Waals surface area contributed by atoms with Crippen molar-refractivity contribution in [3.63, 3.8) is 0 Å². The number of aromatic nitrogens is 1. The van der Waals surface area contributed by atoms with Crippen LogP contribution in [-0.2, 0) is 5.41 Å². The summed E-state index contributed by atoms with van der Waals surface area (Å²) in [5, 5.41) is 4.68. The fourth-order valence-corrected chi connectivity index (χ4v) is 10.9. The second-order valence-electron chi connectivity index (χ2n) is 17.6. The lowest BCUT2D eigenvalue weighted by Gasteiger charge is -2.33. The minimum Gasteiger partial charge on any atom is -0.455 e. The lowest BCUT2D eigenvalue weighted by molar-refractivity contribution is 0.394. The molecule has 12 rings (SSSR count). The average Bonchev–Trinajstić information content (AvgIpc) is 3.92. The van der Waals surface area contributed by atoms with Crippen LogP contribution in [0, 0.1) is 5.92 Å². The summed E-state index contributed by atoms with van der Waals surface area (Å²) in [6, 6.07) is 48.9. The third-order valence-electron chi connectivity index (χ3n) is 14.0. The van der Waals surface area contributed by atoms with Gasteiger partial charge in [-0.2, -0.15) is 0 Å². The SMILES string of the molecule is CC1(C)c2cc(N(C3=CCC(c4ccccc4)C=C3)C3=CCC(c4ccc5c6c7oc8ccccc8c7ccc6n(-c6ccccc6)c5c4)C=C3)ccc2C2C=CC=CC21. The number of hydrogen-bond donors (Lipinski definition) is 0. The van der Waals surface area contributed by atoms with Crippen LogP contribution in [0.15, 0.2) is 210 Å². The predicted molar refractivity (Wildman–Crippen MR) is 250 cm³/mol. The molecule has 0 N–H and O–H groups in total. The Hall–Kier alpha value is -6.84. The molecule has 0 radical (unpaired) electrons. The number of fused-ring (bicyclic) bond motifs is 10. The summed E-state index contributed by atoms with van der Waals surface area (Å²) in [6.07, 6.45) is 25.6. The number of allylic oxidation sites excluding steroid dienone is 10. The summed E-state index contributed by atoms with van der Waals surface area (Å²) in [6.45, 7) is 4.85. The Bertz CT molecular complexity index is 3200. The van der Waals surface area contributed by atoms with E-state index in [-0.39, 0.29) is 11.3 Å². The van der Waals surface area contributed by atoms with Crippen molar-refractivity contribution in [1.29, 1.82) is 0 Å². The zero-order valence-electron chi connectivity index (χ0n) is 34.0. The molecule has 0 spiro atoms. The highest BCUT2D eigenvalue weighted by Gasteiger charge is 2.44. The fraction of sp³-hybridized carbons (Fsp3) is 0.158. The lowest BCUT2D eigenvalue weighted by atomic mass is 9.74. The highest BCUT2D eigenvalue weighted by molar-refractivity contribution is 6.23. The van der Waals surface area contributed by atoms with Crippen molar-refractivity contribution >= 4 is 49.4 Å². The number of anilines is 1. The molecule has 4 aliphatic rings. The summed E-state index contributed by atoms with van der Waals surface area (Å²) >= 11 is 0. The van der Waals surface area contributed by atoms with E-state index < -0.39 is 0 Å². The second-order valence-corrected chi connectivity index (χ2v) is 17.6. The quantitative estimate of drug-likeness (QED) is 0.168. The standard InChI is InChI=1S/C57H46N2O/c1-57(2)50-19-11-9-17-45(50)46-32-30-44(36-51(46)57)58(42-26-21-38(22-27-42)37-13-5-3-6-14-37)43-28-23-39(24-29-43)40-25-31-49-53(35-40)59(41-15-7-4-8-16-41)52-34-33-48-47-18-10-12-20-54(47)60-56(48)55(49)52/h3-21,23,25-36,38-39,45,50H,22,24H2,1-2H3. The van der Waals surface area contributed by atoms with Gasteiger partial charge in [0.1, 0.15) is 11.2 Å². The molecule has 8 aromatic rings. The first-order valence-corrected chi connectivity index (χ1v) is 21.6. The smallest absolute Gasteiger partial charge is 0.145 e. The van der Waals surface area contributed by atoms with Gasteiger partial charge in [0.05, 0.1) is 16.4 Å². The normalized spacial score (nSPS) is 21.4. The van der Waals surface area contributed by atoms with Gasteiger partial charge in [0.15, 0.2) is 0 Å². The first kappa shape index (κ1) is 35.1. The van der Waals surface area contributed by atoms with E-state index in [4.69, 9.17) is 4.42 Å². The summed E-state index contributed by atoms with van der Waals surface area (Å²) < 4.78 is 9.04. The largest absolute Gasteiger partial charge is 0.455 e. The van der Waals surface area contributed by atoms with E-state index in [2.05, 4.69) is 218 Å². The molecule has 0 saturated carbocycles. The van der Waals surface area contributed by atoms with Crippen molar-refractivity contribution < 1.29 is 4.42 Å². The molecule has 4 atom stereocenters. The number of rotatable bonds is 6. The van der Waals surface area contributed by atoms with Crippen LogP contribution in [0.4, 0.5) is 5.69 Å². The van der Waals surface area contributed by atoms with E-state index in [9.17, 15) is 0 Å². The van der Waals surface area contributed by atoms with Crippen LogP contribution in [0.25, 0.3) is 49.4 Å². The zero-order valence-corrected chi connectivity index (χ0v) is 34.0. The van der Waals surface area contributed by atoms with Crippen molar-refractivity contribution in [1.82, 2.24) is 4.57 Å². The maximum atomic E-state index is 6.63. The molecular formula is C57H46N2O. The summed E-state index contributed by atoms with van der Waals surface area (Å²) in [7, 11) is 0. The average molecular weight is 775 g/mol. The molecule has 0 amide bonds. The van der Waals surface area contributed by atoms with Gasteiger partial charge >= 0.3 is 0 Å². The van der Waals surface area contributed by atoms with E-state index in [1.165, 1.54) is 55.6 Å². The van der Waals surface area contributed by atoms with Gasteiger partial charge in [-0.1, -0.05) is 147 Å². The van der Waals surface area contributed by atoms with Gasteiger partial charge < -0.3 is 13.9 Å². The Kier molecular flexibility index (Phi) is 7.97. The van der Waals surface area contributed by atoms with Gasteiger partial charge in [-0.05, 0) is 107 Å². The van der Waals surface area contributed by atoms with Crippen molar-refractivity contribution in [3.05, 3.63) is 228 Å². The van der Waals surface area contributed by atoms with Gasteiger partial charge in [0, 0.05) is 56.7 Å². The van der Waals surface area contributed by atoms with E-state index in [0.717, 1.165) is 46.0 Å². The molecule has 0 saturated heterocycles. The summed E-state index contributed by atoms with van der Waals surface area (Å²) in [5.74, 6) is 1.52. The fourth-order valence-electron chi connectivity index (χ4n) is 10.9. The lowest BCUT2D eigenvalue weighted by Crippen LogP contribution is -2.25. The number of furan rings is 1. The van der Waals surface area contributed by atoms with Crippen LogP contribution >= 0.6 is 0 Å². The maximum absolute atomic E-state index is 6.63. The number of hydrogen-bond acceptors (Lipinski definition) is 2. The Morgan fingerprint density at radius 2 is 1.30 bits per heavy atom. The number of para-hydroxylation sites is 2. The summed E-state index contributed by atoms with van der Waals surface area (Å²) in [5.41, 5.74) is 14.7. The molecule has 290 valence electrons. The second kappa shape index (κ2) is 13.6. The van der Waals surface area contributed by atoms with Crippen LogP contribution in [0.2, 0.25) is 0 Å². The van der Waals surface area contributed by atoms with Crippen LogP contribution in [0.5, 0.6) is 0 Å². The molecule has 4 aliphatic carbocycles. The Balaban J connectivity index is 0.933. The van der Waals surface area contributed by atoms with Crippen molar-refractivity contribution in [3.8, 4) is 5.69 Å². The predicted octanol–water partition coefficient (Wildman–Crippen LogP) is 14.9. The minimum atomic E-state index is 0.0387. The monoisotopic (exact) mass is 774 g/mol. The van der Waals surface area contributed by atoms with Gasteiger partial charge in [-0.3, -0.25) is 0 Å². The van der Waals surface area contributed by atoms with Crippen molar-refractivity contribution in [2.24, 2.45) is 5.92 Å². The molecule has 0 aliphatic heterocycles. The van der Waals surface area contributed by atoms with Gasteiger partial charge in [-0.15, -0.1) is 0 Å². The third kappa shape index (κ3) is 5.42. The zero-order chi connectivity index (χ0) is 40.0.